The van der Waals surface area contributed by atoms with Gasteiger partial charge in [-0.15, -0.1) is 11.3 Å². The number of rotatable bonds is 2. The molecule has 1 aromatic carbocycles. The van der Waals surface area contributed by atoms with Gasteiger partial charge in [0.15, 0.2) is 6.20 Å². The van der Waals surface area contributed by atoms with Gasteiger partial charge >= 0.3 is 0 Å². The van der Waals surface area contributed by atoms with Crippen molar-refractivity contribution in [3.8, 4) is 11.3 Å². The highest BCUT2D eigenvalue weighted by molar-refractivity contribution is 7.19. The minimum Gasteiger partial charge on any atom is -0.258 e. The molecule has 20 heavy (non-hydrogen) atoms. The lowest BCUT2D eigenvalue weighted by atomic mass is 10.1. The molecule has 5 heteroatoms. The number of pyridine rings is 1. The average Bonchev–Trinajstić information content (AvgIpc) is 2.75. The maximum atomic E-state index is 11.0. The van der Waals surface area contributed by atoms with E-state index in [0.29, 0.717) is 0 Å². The Hall–Kier alpha value is -2.27. The molecule has 3 aromatic rings. The second kappa shape index (κ2) is 4.68. The van der Waals surface area contributed by atoms with Crippen LogP contribution in [0.1, 0.15) is 4.88 Å². The summed E-state index contributed by atoms with van der Waals surface area (Å²) in [4.78, 5) is 11.8. The topological polar surface area (TPSA) is 47.0 Å². The normalized spacial score (nSPS) is 10.9. The van der Waals surface area contributed by atoms with Crippen molar-refractivity contribution in [2.75, 3.05) is 0 Å². The lowest BCUT2D eigenvalue weighted by Gasteiger charge is -2.01. The first-order valence-corrected chi connectivity index (χ1v) is 7.02. The standard InChI is InChI=1S/C15H13N2O2S/c1-10-15(12-5-3-4-6-14(12)20-10)13-9-11(17(18)19)7-8-16(13)2/h3-9H,1-2H3/q+1. The molecule has 4 nitrogen and oxygen atoms in total. The summed E-state index contributed by atoms with van der Waals surface area (Å²) in [7, 11) is 1.91. The van der Waals surface area contributed by atoms with Crippen molar-refractivity contribution >= 4 is 27.1 Å². The number of aromatic nitrogens is 1. The first-order chi connectivity index (χ1) is 9.58. The second-order valence-electron chi connectivity index (χ2n) is 4.67. The number of hydrogen-bond acceptors (Lipinski definition) is 3. The molecule has 0 saturated carbocycles. The van der Waals surface area contributed by atoms with E-state index in [1.54, 1.807) is 23.6 Å². The Morgan fingerprint density at radius 3 is 2.75 bits per heavy atom. The van der Waals surface area contributed by atoms with Crippen molar-refractivity contribution in [3.63, 3.8) is 0 Å². The van der Waals surface area contributed by atoms with Crippen LogP contribution >= 0.6 is 11.3 Å². The quantitative estimate of drug-likeness (QED) is 0.410. The van der Waals surface area contributed by atoms with E-state index < -0.39 is 0 Å². The average molecular weight is 285 g/mol. The highest BCUT2D eigenvalue weighted by atomic mass is 32.1. The summed E-state index contributed by atoms with van der Waals surface area (Å²) >= 11 is 1.71. The van der Waals surface area contributed by atoms with Crippen LogP contribution in [0.5, 0.6) is 0 Å². The molecule has 0 bridgehead atoms. The third-order valence-corrected chi connectivity index (χ3v) is 4.46. The summed E-state index contributed by atoms with van der Waals surface area (Å²) in [6.07, 6.45) is 1.74. The fraction of sp³-hybridized carbons (Fsp3) is 0.133. The van der Waals surface area contributed by atoms with Gasteiger partial charge in [-0.1, -0.05) is 18.2 Å². The van der Waals surface area contributed by atoms with Crippen molar-refractivity contribution < 1.29 is 9.49 Å². The molecule has 0 aliphatic heterocycles. The van der Waals surface area contributed by atoms with E-state index in [1.807, 2.05) is 23.7 Å². The number of fused-ring (bicyclic) bond motifs is 1. The first-order valence-electron chi connectivity index (χ1n) is 6.20. The molecular weight excluding hydrogens is 272 g/mol. The van der Waals surface area contributed by atoms with Crippen molar-refractivity contribution in [2.45, 2.75) is 6.92 Å². The van der Waals surface area contributed by atoms with Crippen molar-refractivity contribution in [1.82, 2.24) is 0 Å². The van der Waals surface area contributed by atoms with Gasteiger partial charge in [0, 0.05) is 15.0 Å². The Morgan fingerprint density at radius 1 is 1.25 bits per heavy atom. The highest BCUT2D eigenvalue weighted by Gasteiger charge is 2.21. The van der Waals surface area contributed by atoms with Crippen molar-refractivity contribution in [3.05, 3.63) is 57.6 Å². The molecule has 0 fully saturated rings. The summed E-state index contributed by atoms with van der Waals surface area (Å²) in [5, 5.41) is 12.1. The molecule has 0 aliphatic rings. The lowest BCUT2D eigenvalue weighted by molar-refractivity contribution is -0.660. The molecule has 0 saturated heterocycles. The Bertz CT molecular complexity index is 824. The van der Waals surface area contributed by atoms with Gasteiger partial charge in [0.2, 0.25) is 5.69 Å². The highest BCUT2D eigenvalue weighted by Crippen LogP contribution is 2.37. The van der Waals surface area contributed by atoms with Crippen LogP contribution in [0, 0.1) is 17.0 Å². The fourth-order valence-electron chi connectivity index (χ4n) is 2.41. The van der Waals surface area contributed by atoms with E-state index in [2.05, 4.69) is 19.1 Å². The Kier molecular flexibility index (Phi) is 2.99. The summed E-state index contributed by atoms with van der Waals surface area (Å²) in [6, 6.07) is 11.3. The van der Waals surface area contributed by atoms with E-state index in [1.165, 1.54) is 15.6 Å². The molecule has 0 unspecified atom stereocenters. The Morgan fingerprint density at radius 2 is 2.00 bits per heavy atom. The van der Waals surface area contributed by atoms with E-state index in [0.717, 1.165) is 16.6 Å². The number of aryl methyl sites for hydroxylation is 2. The monoisotopic (exact) mass is 285 g/mol. The number of nitrogens with zero attached hydrogens (tertiary/aromatic N) is 2. The van der Waals surface area contributed by atoms with E-state index in [-0.39, 0.29) is 10.6 Å². The second-order valence-corrected chi connectivity index (χ2v) is 5.92. The zero-order valence-corrected chi connectivity index (χ0v) is 12.0. The minimum absolute atomic E-state index is 0.118. The van der Waals surface area contributed by atoms with Crippen LogP contribution in [-0.2, 0) is 7.05 Å². The van der Waals surface area contributed by atoms with E-state index in [9.17, 15) is 10.1 Å². The van der Waals surface area contributed by atoms with Gasteiger partial charge < -0.3 is 0 Å². The Balaban J connectivity index is 2.33. The van der Waals surface area contributed by atoms with Gasteiger partial charge in [0.25, 0.3) is 5.69 Å². The SMILES string of the molecule is Cc1sc2ccccc2c1-c1cc([N+](=O)[O-])cc[n+]1C. The van der Waals surface area contributed by atoms with Crippen LogP contribution in [0.25, 0.3) is 21.3 Å². The summed E-state index contributed by atoms with van der Waals surface area (Å²) in [5.74, 6) is 0. The molecule has 100 valence electrons. The molecular formula is C15H13N2O2S+. The lowest BCUT2D eigenvalue weighted by Crippen LogP contribution is -2.30. The maximum absolute atomic E-state index is 11.0. The van der Waals surface area contributed by atoms with Crippen molar-refractivity contribution in [2.24, 2.45) is 7.05 Å². The third-order valence-electron chi connectivity index (χ3n) is 3.37. The van der Waals surface area contributed by atoms with Gasteiger partial charge in [-0.05, 0) is 13.0 Å². The van der Waals surface area contributed by atoms with Crippen LogP contribution in [0.2, 0.25) is 0 Å². The number of hydrogen-bond donors (Lipinski definition) is 0. The predicted molar refractivity (Wildman–Crippen MR) is 79.8 cm³/mol. The summed E-state index contributed by atoms with van der Waals surface area (Å²) in [5.41, 5.74) is 2.07. The fourth-order valence-corrected chi connectivity index (χ4v) is 3.48. The van der Waals surface area contributed by atoms with Gasteiger partial charge in [-0.2, -0.15) is 0 Å². The van der Waals surface area contributed by atoms with Crippen LogP contribution in [0.15, 0.2) is 42.6 Å². The van der Waals surface area contributed by atoms with E-state index >= 15 is 0 Å². The Labute approximate surface area is 120 Å². The maximum Gasteiger partial charge on any atom is 0.282 e. The van der Waals surface area contributed by atoms with Crippen LogP contribution < -0.4 is 4.57 Å². The molecule has 2 aromatic heterocycles. The van der Waals surface area contributed by atoms with Crippen molar-refractivity contribution in [1.29, 1.82) is 0 Å². The summed E-state index contributed by atoms with van der Waals surface area (Å²) < 4.78 is 3.13. The van der Waals surface area contributed by atoms with Crippen LogP contribution in [0.4, 0.5) is 5.69 Å². The minimum atomic E-state index is -0.354. The number of benzene rings is 1. The van der Waals surface area contributed by atoms with Gasteiger partial charge in [0.05, 0.1) is 22.6 Å². The predicted octanol–water partition coefficient (Wildman–Crippen LogP) is 3.61. The summed E-state index contributed by atoms with van der Waals surface area (Å²) in [6.45, 7) is 2.05. The molecule has 0 aliphatic carbocycles. The molecule has 2 heterocycles. The molecule has 0 amide bonds. The van der Waals surface area contributed by atoms with Gasteiger partial charge in [-0.25, -0.2) is 4.57 Å². The molecule has 0 N–H and O–H groups in total. The molecule has 0 radical (unpaired) electrons. The first kappa shape index (κ1) is 12.7. The largest absolute Gasteiger partial charge is 0.282 e. The van der Waals surface area contributed by atoms with Gasteiger partial charge in [-0.3, -0.25) is 10.1 Å². The van der Waals surface area contributed by atoms with Crippen LogP contribution in [0.3, 0.4) is 0 Å². The van der Waals surface area contributed by atoms with E-state index in [4.69, 9.17) is 0 Å². The number of thiophene rings is 1. The zero-order valence-electron chi connectivity index (χ0n) is 11.2. The van der Waals surface area contributed by atoms with Gasteiger partial charge in [0.1, 0.15) is 7.05 Å². The smallest absolute Gasteiger partial charge is 0.258 e. The van der Waals surface area contributed by atoms with Crippen LogP contribution in [-0.4, -0.2) is 4.92 Å². The molecule has 0 spiro atoms. The molecule has 3 rings (SSSR count). The molecule has 0 atom stereocenters. The zero-order chi connectivity index (χ0) is 14.3. The number of nitro groups is 1. The third kappa shape index (κ3) is 1.96.